The molecule has 1 aromatic carbocycles. The molecule has 2 rings (SSSR count). The highest BCUT2D eigenvalue weighted by molar-refractivity contribution is 5.31. The lowest BCUT2D eigenvalue weighted by molar-refractivity contribution is 0.222. The van der Waals surface area contributed by atoms with Crippen molar-refractivity contribution in [1.29, 1.82) is 0 Å². The van der Waals surface area contributed by atoms with E-state index in [1.165, 1.54) is 0 Å². The van der Waals surface area contributed by atoms with Gasteiger partial charge in [0.1, 0.15) is 17.6 Å². The highest BCUT2D eigenvalue weighted by Crippen LogP contribution is 2.19. The predicted octanol–water partition coefficient (Wildman–Crippen LogP) is 2.22. The van der Waals surface area contributed by atoms with E-state index < -0.39 is 0 Å². The minimum atomic E-state index is 0.322. The van der Waals surface area contributed by atoms with Gasteiger partial charge in [-0.1, -0.05) is 6.92 Å². The molecular formula is C13H19NO2. The molecule has 1 atom stereocenters. The van der Waals surface area contributed by atoms with E-state index in [0.717, 1.165) is 44.0 Å². The molecule has 0 bridgehead atoms. The number of hydrogen-bond donors (Lipinski definition) is 1. The Hall–Kier alpha value is -1.22. The molecule has 0 saturated carbocycles. The van der Waals surface area contributed by atoms with Gasteiger partial charge in [0.2, 0.25) is 0 Å². The Labute approximate surface area is 96.8 Å². The summed E-state index contributed by atoms with van der Waals surface area (Å²) in [5.74, 6) is 1.84. The van der Waals surface area contributed by atoms with Gasteiger partial charge in [-0.25, -0.2) is 0 Å². The first kappa shape index (κ1) is 11.3. The number of ether oxygens (including phenoxy) is 2. The summed E-state index contributed by atoms with van der Waals surface area (Å²) in [4.78, 5) is 0. The van der Waals surface area contributed by atoms with Crippen LogP contribution in [0.2, 0.25) is 0 Å². The van der Waals surface area contributed by atoms with E-state index in [4.69, 9.17) is 9.47 Å². The van der Waals surface area contributed by atoms with Crippen LogP contribution in [0.15, 0.2) is 24.3 Å². The third-order valence-corrected chi connectivity index (χ3v) is 2.61. The Morgan fingerprint density at radius 1 is 1.25 bits per heavy atom. The number of hydrogen-bond acceptors (Lipinski definition) is 3. The number of nitrogens with one attached hydrogen (secondary N) is 1. The molecule has 0 amide bonds. The fourth-order valence-corrected chi connectivity index (χ4v) is 1.76. The van der Waals surface area contributed by atoms with Crippen molar-refractivity contribution in [2.75, 3.05) is 19.7 Å². The average molecular weight is 221 g/mol. The number of benzene rings is 1. The van der Waals surface area contributed by atoms with Gasteiger partial charge in [0.15, 0.2) is 0 Å². The Morgan fingerprint density at radius 2 is 2.00 bits per heavy atom. The van der Waals surface area contributed by atoms with E-state index in [1.54, 1.807) is 0 Å². The Balaban J connectivity index is 1.86. The first-order valence-corrected chi connectivity index (χ1v) is 5.98. The van der Waals surface area contributed by atoms with Crippen LogP contribution in [0, 0.1) is 0 Å². The van der Waals surface area contributed by atoms with E-state index in [0.29, 0.717) is 6.10 Å². The second kappa shape index (κ2) is 5.75. The molecule has 1 saturated heterocycles. The average Bonchev–Trinajstić information content (AvgIpc) is 2.81. The van der Waals surface area contributed by atoms with Gasteiger partial charge < -0.3 is 14.8 Å². The lowest BCUT2D eigenvalue weighted by Crippen LogP contribution is -2.19. The second-order valence-corrected chi connectivity index (χ2v) is 4.05. The molecule has 0 radical (unpaired) electrons. The van der Waals surface area contributed by atoms with E-state index in [-0.39, 0.29) is 0 Å². The zero-order chi connectivity index (χ0) is 11.2. The molecule has 1 heterocycles. The maximum absolute atomic E-state index is 5.82. The van der Waals surface area contributed by atoms with Gasteiger partial charge >= 0.3 is 0 Å². The maximum Gasteiger partial charge on any atom is 0.120 e. The summed E-state index contributed by atoms with van der Waals surface area (Å²) in [5.41, 5.74) is 0. The van der Waals surface area contributed by atoms with Crippen LogP contribution in [0.5, 0.6) is 11.5 Å². The predicted molar refractivity (Wildman–Crippen MR) is 64.1 cm³/mol. The highest BCUT2D eigenvalue weighted by atomic mass is 16.5. The van der Waals surface area contributed by atoms with Crippen LogP contribution in [-0.2, 0) is 0 Å². The SMILES string of the molecule is CCCOc1ccc(O[C@H]2CCNC2)cc1. The van der Waals surface area contributed by atoms with Crippen molar-refractivity contribution in [3.63, 3.8) is 0 Å². The zero-order valence-corrected chi connectivity index (χ0v) is 9.74. The normalized spacial score (nSPS) is 19.7. The Morgan fingerprint density at radius 3 is 2.62 bits per heavy atom. The first-order chi connectivity index (χ1) is 7.88. The van der Waals surface area contributed by atoms with Crippen molar-refractivity contribution in [2.24, 2.45) is 0 Å². The van der Waals surface area contributed by atoms with Crippen LogP contribution in [0.3, 0.4) is 0 Å². The standard InChI is InChI=1S/C13H19NO2/c1-2-9-15-11-3-5-12(6-4-11)16-13-7-8-14-10-13/h3-6,13-14H,2,7-10H2,1H3/t13-/m0/s1. The smallest absolute Gasteiger partial charge is 0.120 e. The van der Waals surface area contributed by atoms with Crippen LogP contribution < -0.4 is 14.8 Å². The van der Waals surface area contributed by atoms with E-state index >= 15 is 0 Å². The molecule has 0 aromatic heterocycles. The van der Waals surface area contributed by atoms with Crippen LogP contribution in [0.25, 0.3) is 0 Å². The van der Waals surface area contributed by atoms with Crippen LogP contribution in [0.1, 0.15) is 19.8 Å². The molecule has 88 valence electrons. The third-order valence-electron chi connectivity index (χ3n) is 2.61. The van der Waals surface area contributed by atoms with E-state index in [9.17, 15) is 0 Å². The van der Waals surface area contributed by atoms with Gasteiger partial charge in [0.25, 0.3) is 0 Å². The van der Waals surface area contributed by atoms with Gasteiger partial charge in [-0.15, -0.1) is 0 Å². The van der Waals surface area contributed by atoms with Crippen molar-refractivity contribution < 1.29 is 9.47 Å². The van der Waals surface area contributed by atoms with Crippen LogP contribution in [-0.4, -0.2) is 25.8 Å². The van der Waals surface area contributed by atoms with Gasteiger partial charge in [-0.3, -0.25) is 0 Å². The van der Waals surface area contributed by atoms with Crippen molar-refractivity contribution in [3.05, 3.63) is 24.3 Å². The van der Waals surface area contributed by atoms with Gasteiger partial charge in [-0.05, 0) is 43.7 Å². The molecular weight excluding hydrogens is 202 g/mol. The number of rotatable bonds is 5. The maximum atomic E-state index is 5.82. The molecule has 0 aliphatic carbocycles. The largest absolute Gasteiger partial charge is 0.494 e. The molecule has 0 unspecified atom stereocenters. The molecule has 3 nitrogen and oxygen atoms in total. The monoisotopic (exact) mass is 221 g/mol. The molecule has 1 aliphatic rings. The van der Waals surface area contributed by atoms with Gasteiger partial charge in [0.05, 0.1) is 6.61 Å². The molecule has 16 heavy (non-hydrogen) atoms. The molecule has 1 fully saturated rings. The highest BCUT2D eigenvalue weighted by Gasteiger charge is 2.15. The summed E-state index contributed by atoms with van der Waals surface area (Å²) in [6.07, 6.45) is 2.45. The molecule has 0 spiro atoms. The molecule has 3 heteroatoms. The van der Waals surface area contributed by atoms with E-state index in [2.05, 4.69) is 12.2 Å². The van der Waals surface area contributed by atoms with E-state index in [1.807, 2.05) is 24.3 Å². The first-order valence-electron chi connectivity index (χ1n) is 5.98. The fourth-order valence-electron chi connectivity index (χ4n) is 1.76. The van der Waals surface area contributed by atoms with Crippen LogP contribution >= 0.6 is 0 Å². The quantitative estimate of drug-likeness (QED) is 0.827. The Bertz CT molecular complexity index is 304. The molecule has 1 N–H and O–H groups in total. The van der Waals surface area contributed by atoms with Crippen molar-refractivity contribution >= 4 is 0 Å². The molecule has 1 aromatic rings. The Kier molecular flexibility index (Phi) is 4.05. The molecule has 1 aliphatic heterocycles. The van der Waals surface area contributed by atoms with Gasteiger partial charge in [-0.2, -0.15) is 0 Å². The summed E-state index contributed by atoms with van der Waals surface area (Å²) in [5, 5.41) is 3.28. The lowest BCUT2D eigenvalue weighted by Gasteiger charge is -2.12. The minimum Gasteiger partial charge on any atom is -0.494 e. The zero-order valence-electron chi connectivity index (χ0n) is 9.74. The summed E-state index contributed by atoms with van der Waals surface area (Å²) in [6, 6.07) is 7.88. The summed E-state index contributed by atoms with van der Waals surface area (Å²) < 4.78 is 11.3. The topological polar surface area (TPSA) is 30.5 Å². The lowest BCUT2D eigenvalue weighted by atomic mass is 10.3. The fraction of sp³-hybridized carbons (Fsp3) is 0.538. The van der Waals surface area contributed by atoms with Crippen molar-refractivity contribution in [3.8, 4) is 11.5 Å². The summed E-state index contributed by atoms with van der Waals surface area (Å²) in [6.45, 7) is 4.88. The third kappa shape index (κ3) is 3.14. The van der Waals surface area contributed by atoms with Gasteiger partial charge in [0, 0.05) is 6.54 Å². The van der Waals surface area contributed by atoms with Crippen molar-refractivity contribution in [1.82, 2.24) is 5.32 Å². The van der Waals surface area contributed by atoms with Crippen LogP contribution in [0.4, 0.5) is 0 Å². The second-order valence-electron chi connectivity index (χ2n) is 4.05. The minimum absolute atomic E-state index is 0.322. The summed E-state index contributed by atoms with van der Waals surface area (Å²) >= 11 is 0. The summed E-state index contributed by atoms with van der Waals surface area (Å²) in [7, 11) is 0. The van der Waals surface area contributed by atoms with Crippen molar-refractivity contribution in [2.45, 2.75) is 25.9 Å².